The normalized spacial score (nSPS) is 10.0. The summed E-state index contributed by atoms with van der Waals surface area (Å²) in [7, 11) is 0. The van der Waals surface area contributed by atoms with Gasteiger partial charge in [0.25, 0.3) is 0 Å². The standard InChI is InChI=1S/C17H19FN2OS/c18-14-8-10-15(11-9-14)20-17(22)19-12-4-5-13-21-16-6-2-1-3-7-16/h1-3,6-11H,4-5,12-13H2,(H2,19,20,22). The summed E-state index contributed by atoms with van der Waals surface area (Å²) in [5.74, 6) is 0.631. The third-order valence-electron chi connectivity index (χ3n) is 2.97. The first kappa shape index (κ1) is 16.2. The molecule has 0 amide bonds. The quantitative estimate of drug-likeness (QED) is 0.598. The molecule has 0 aliphatic carbocycles. The molecule has 0 aromatic heterocycles. The highest BCUT2D eigenvalue weighted by molar-refractivity contribution is 7.80. The van der Waals surface area contributed by atoms with Crippen molar-refractivity contribution in [1.29, 1.82) is 0 Å². The second-order valence-corrected chi connectivity index (χ2v) is 5.16. The van der Waals surface area contributed by atoms with Gasteiger partial charge >= 0.3 is 0 Å². The number of anilines is 1. The minimum absolute atomic E-state index is 0.261. The van der Waals surface area contributed by atoms with E-state index in [4.69, 9.17) is 17.0 Å². The van der Waals surface area contributed by atoms with Crippen LogP contribution >= 0.6 is 12.2 Å². The molecule has 0 aliphatic heterocycles. The van der Waals surface area contributed by atoms with E-state index in [1.165, 1.54) is 12.1 Å². The summed E-state index contributed by atoms with van der Waals surface area (Å²) in [4.78, 5) is 0. The Labute approximate surface area is 135 Å². The lowest BCUT2D eigenvalue weighted by Crippen LogP contribution is -2.29. The Hall–Kier alpha value is -2.14. The van der Waals surface area contributed by atoms with Gasteiger partial charge in [0.1, 0.15) is 11.6 Å². The van der Waals surface area contributed by atoms with E-state index in [9.17, 15) is 4.39 Å². The summed E-state index contributed by atoms with van der Waals surface area (Å²) < 4.78 is 18.4. The Kier molecular flexibility index (Phi) is 6.64. The first-order valence-corrected chi connectivity index (χ1v) is 7.63. The fourth-order valence-electron chi connectivity index (χ4n) is 1.84. The molecule has 0 aliphatic rings. The highest BCUT2D eigenvalue weighted by Gasteiger charge is 1.98. The topological polar surface area (TPSA) is 33.3 Å². The number of halogens is 1. The number of benzene rings is 2. The largest absolute Gasteiger partial charge is 0.494 e. The molecule has 116 valence electrons. The van der Waals surface area contributed by atoms with Gasteiger partial charge in [0.05, 0.1) is 6.61 Å². The van der Waals surface area contributed by atoms with Crippen LogP contribution in [0.4, 0.5) is 10.1 Å². The van der Waals surface area contributed by atoms with Gasteiger partial charge in [-0.15, -0.1) is 0 Å². The molecule has 0 saturated carbocycles. The van der Waals surface area contributed by atoms with Crippen molar-refractivity contribution in [2.45, 2.75) is 12.8 Å². The van der Waals surface area contributed by atoms with E-state index >= 15 is 0 Å². The second-order valence-electron chi connectivity index (χ2n) is 4.76. The summed E-state index contributed by atoms with van der Waals surface area (Å²) in [6.07, 6.45) is 1.90. The number of thiocarbonyl (C=S) groups is 1. The average Bonchev–Trinajstić information content (AvgIpc) is 2.54. The van der Waals surface area contributed by atoms with Gasteiger partial charge in [-0.1, -0.05) is 18.2 Å². The maximum absolute atomic E-state index is 12.8. The number of nitrogens with one attached hydrogen (secondary N) is 2. The lowest BCUT2D eigenvalue weighted by atomic mass is 10.3. The number of para-hydroxylation sites is 1. The molecule has 0 saturated heterocycles. The van der Waals surface area contributed by atoms with Crippen LogP contribution in [0.25, 0.3) is 0 Å². The van der Waals surface area contributed by atoms with Gasteiger partial charge in [-0.25, -0.2) is 4.39 Å². The van der Waals surface area contributed by atoms with E-state index in [-0.39, 0.29) is 5.82 Å². The molecule has 5 heteroatoms. The van der Waals surface area contributed by atoms with E-state index in [0.29, 0.717) is 11.7 Å². The summed E-state index contributed by atoms with van der Waals surface area (Å²) in [5, 5.41) is 6.66. The van der Waals surface area contributed by atoms with Crippen molar-refractivity contribution in [2.24, 2.45) is 0 Å². The molecule has 0 fully saturated rings. The van der Waals surface area contributed by atoms with Crippen molar-refractivity contribution in [3.05, 3.63) is 60.4 Å². The van der Waals surface area contributed by atoms with Crippen LogP contribution < -0.4 is 15.4 Å². The number of ether oxygens (including phenoxy) is 1. The maximum Gasteiger partial charge on any atom is 0.170 e. The van der Waals surface area contributed by atoms with Crippen molar-refractivity contribution < 1.29 is 9.13 Å². The molecule has 0 bridgehead atoms. The van der Waals surface area contributed by atoms with Crippen LogP contribution in [-0.4, -0.2) is 18.3 Å². The van der Waals surface area contributed by atoms with Gasteiger partial charge in [-0.05, 0) is 61.5 Å². The number of hydrogen-bond donors (Lipinski definition) is 2. The third kappa shape index (κ3) is 6.10. The molecule has 0 heterocycles. The zero-order valence-corrected chi connectivity index (χ0v) is 13.0. The second kappa shape index (κ2) is 9.00. The predicted octanol–water partition coefficient (Wildman–Crippen LogP) is 3.97. The fourth-order valence-corrected chi connectivity index (χ4v) is 2.06. The van der Waals surface area contributed by atoms with Gasteiger partial charge in [0, 0.05) is 12.2 Å². The average molecular weight is 318 g/mol. The molecule has 0 atom stereocenters. The fraction of sp³-hybridized carbons (Fsp3) is 0.235. The van der Waals surface area contributed by atoms with Crippen LogP contribution in [0, 0.1) is 5.82 Å². The lowest BCUT2D eigenvalue weighted by molar-refractivity contribution is 0.307. The van der Waals surface area contributed by atoms with Crippen molar-refractivity contribution in [3.63, 3.8) is 0 Å². The molecule has 22 heavy (non-hydrogen) atoms. The van der Waals surface area contributed by atoms with Gasteiger partial charge in [0.2, 0.25) is 0 Å². The minimum Gasteiger partial charge on any atom is -0.494 e. The van der Waals surface area contributed by atoms with Crippen LogP contribution in [0.3, 0.4) is 0 Å². The van der Waals surface area contributed by atoms with E-state index in [1.807, 2.05) is 30.3 Å². The molecule has 2 N–H and O–H groups in total. The Morgan fingerprint density at radius 3 is 2.45 bits per heavy atom. The number of hydrogen-bond acceptors (Lipinski definition) is 2. The predicted molar refractivity (Wildman–Crippen MR) is 91.8 cm³/mol. The Balaban J connectivity index is 1.54. The van der Waals surface area contributed by atoms with Gasteiger partial charge in [-0.3, -0.25) is 0 Å². The smallest absolute Gasteiger partial charge is 0.170 e. The first-order chi connectivity index (χ1) is 10.7. The minimum atomic E-state index is -0.261. The highest BCUT2D eigenvalue weighted by atomic mass is 32.1. The summed E-state index contributed by atoms with van der Waals surface area (Å²) in [5.41, 5.74) is 0.770. The maximum atomic E-state index is 12.8. The Morgan fingerprint density at radius 1 is 1.00 bits per heavy atom. The molecule has 0 spiro atoms. The monoisotopic (exact) mass is 318 g/mol. The zero-order valence-electron chi connectivity index (χ0n) is 12.2. The molecule has 0 unspecified atom stereocenters. The number of unbranched alkanes of at least 4 members (excludes halogenated alkanes) is 1. The molecule has 3 nitrogen and oxygen atoms in total. The first-order valence-electron chi connectivity index (χ1n) is 7.22. The number of rotatable bonds is 7. The lowest BCUT2D eigenvalue weighted by Gasteiger charge is -2.10. The highest BCUT2D eigenvalue weighted by Crippen LogP contribution is 2.09. The van der Waals surface area contributed by atoms with Crippen LogP contribution in [0.5, 0.6) is 5.75 Å². The van der Waals surface area contributed by atoms with Gasteiger partial charge in [0.15, 0.2) is 5.11 Å². The molecule has 2 rings (SSSR count). The molecule has 0 radical (unpaired) electrons. The van der Waals surface area contributed by atoms with Crippen LogP contribution in [0.2, 0.25) is 0 Å². The van der Waals surface area contributed by atoms with Crippen molar-refractivity contribution in [2.75, 3.05) is 18.5 Å². The van der Waals surface area contributed by atoms with E-state index in [1.54, 1.807) is 12.1 Å². The zero-order chi connectivity index (χ0) is 15.6. The Morgan fingerprint density at radius 2 is 1.73 bits per heavy atom. The summed E-state index contributed by atoms with van der Waals surface area (Å²) >= 11 is 5.18. The molecular formula is C17H19FN2OS. The van der Waals surface area contributed by atoms with Crippen LogP contribution in [0.15, 0.2) is 54.6 Å². The van der Waals surface area contributed by atoms with Crippen LogP contribution in [0.1, 0.15) is 12.8 Å². The van der Waals surface area contributed by atoms with E-state index < -0.39 is 0 Å². The molecule has 2 aromatic carbocycles. The van der Waals surface area contributed by atoms with E-state index in [2.05, 4.69) is 10.6 Å². The SMILES string of the molecule is Fc1ccc(NC(=S)NCCCCOc2ccccc2)cc1. The van der Waals surface area contributed by atoms with Gasteiger partial charge in [-0.2, -0.15) is 0 Å². The van der Waals surface area contributed by atoms with Crippen molar-refractivity contribution >= 4 is 23.0 Å². The molecular weight excluding hydrogens is 299 g/mol. The van der Waals surface area contributed by atoms with Crippen molar-refractivity contribution in [3.8, 4) is 5.75 Å². The third-order valence-corrected chi connectivity index (χ3v) is 3.22. The van der Waals surface area contributed by atoms with Crippen molar-refractivity contribution in [1.82, 2.24) is 5.32 Å². The van der Waals surface area contributed by atoms with Gasteiger partial charge < -0.3 is 15.4 Å². The summed E-state index contributed by atoms with van der Waals surface area (Å²) in [6.45, 7) is 1.45. The summed E-state index contributed by atoms with van der Waals surface area (Å²) in [6, 6.07) is 15.9. The van der Waals surface area contributed by atoms with E-state index in [0.717, 1.165) is 30.8 Å². The molecule has 2 aromatic rings. The Bertz CT molecular complexity index is 575. The van der Waals surface area contributed by atoms with Crippen LogP contribution in [-0.2, 0) is 0 Å².